The number of aryl methyl sites for hydroxylation is 1. The number of hydrazine groups is 1. The molecule has 3 aromatic rings. The van der Waals surface area contributed by atoms with Crippen molar-refractivity contribution in [1.29, 1.82) is 0 Å². The lowest BCUT2D eigenvalue weighted by atomic mass is 10.1. The maximum atomic E-state index is 13.5. The monoisotopic (exact) mass is 624 g/mol. The van der Waals surface area contributed by atoms with Gasteiger partial charge in [0.05, 0.1) is 40.3 Å². The van der Waals surface area contributed by atoms with E-state index in [-0.39, 0.29) is 47.2 Å². The Morgan fingerprint density at radius 2 is 1.84 bits per heavy atom. The van der Waals surface area contributed by atoms with E-state index in [0.717, 1.165) is 33.5 Å². The number of carbonyl (C=O) groups excluding carboxylic acids is 2. The minimum absolute atomic E-state index is 0.0740. The summed E-state index contributed by atoms with van der Waals surface area (Å²) in [6, 6.07) is 12.5. The summed E-state index contributed by atoms with van der Waals surface area (Å²) in [5, 5.41) is 20.1. The van der Waals surface area contributed by atoms with E-state index in [9.17, 15) is 36.4 Å². The molecule has 1 amide bonds. The Hall–Kier alpha value is -4.67. The summed E-state index contributed by atoms with van der Waals surface area (Å²) in [4.78, 5) is 28.1. The van der Waals surface area contributed by atoms with Crippen LogP contribution in [0.5, 0.6) is 0 Å². The van der Waals surface area contributed by atoms with Crippen molar-refractivity contribution in [2.75, 3.05) is 19.9 Å². The zero-order chi connectivity index (χ0) is 31.4. The number of esters is 1. The molecule has 0 aliphatic carbocycles. The Balaban J connectivity index is 1.44. The second kappa shape index (κ2) is 12.7. The Bertz CT molecular complexity index is 1610. The van der Waals surface area contributed by atoms with Gasteiger partial charge in [-0.2, -0.15) is 18.3 Å². The maximum Gasteiger partial charge on any atom is 0.435 e. The number of aromatic nitrogens is 2. The number of rotatable bonds is 10. The highest BCUT2D eigenvalue weighted by Gasteiger charge is 2.36. The lowest BCUT2D eigenvalue weighted by molar-refractivity contribution is -0.708. The Labute approximate surface area is 244 Å². The van der Waals surface area contributed by atoms with E-state index in [1.165, 1.54) is 12.1 Å². The van der Waals surface area contributed by atoms with E-state index in [2.05, 4.69) is 20.0 Å². The van der Waals surface area contributed by atoms with Crippen LogP contribution >= 0.6 is 0 Å². The van der Waals surface area contributed by atoms with Gasteiger partial charge in [-0.05, 0) is 43.7 Å². The number of carbonyl (C=O) groups is 2. The van der Waals surface area contributed by atoms with Crippen LogP contribution in [-0.2, 0) is 35.4 Å². The summed E-state index contributed by atoms with van der Waals surface area (Å²) < 4.78 is 73.9. The number of sulfonamides is 1. The number of benzene rings is 2. The van der Waals surface area contributed by atoms with Crippen LogP contribution in [0.25, 0.3) is 16.9 Å². The van der Waals surface area contributed by atoms with Gasteiger partial charge in [0, 0.05) is 12.0 Å². The number of ether oxygens (including phenoxy) is 1. The maximum absolute atomic E-state index is 13.5. The summed E-state index contributed by atoms with van der Waals surface area (Å²) >= 11 is 0. The lowest BCUT2D eigenvalue weighted by Crippen LogP contribution is -2.37. The smallest absolute Gasteiger partial charge is 0.435 e. The molecule has 43 heavy (non-hydrogen) atoms. The number of nitrogens with zero attached hydrogens (tertiary/aromatic N) is 5. The molecule has 17 heteroatoms. The molecule has 2 aromatic carbocycles. The second-order valence-electron chi connectivity index (χ2n) is 9.50. The highest BCUT2D eigenvalue weighted by molar-refractivity contribution is 7.90. The first-order valence-electron chi connectivity index (χ1n) is 12.9. The van der Waals surface area contributed by atoms with Crippen LogP contribution in [0.3, 0.4) is 0 Å². The van der Waals surface area contributed by atoms with E-state index in [4.69, 9.17) is 0 Å². The molecule has 1 N–H and O–H groups in total. The zero-order valence-corrected chi connectivity index (χ0v) is 23.8. The molecule has 1 aromatic heterocycles. The number of nitrogens with one attached hydrogen (secondary N) is 1. The summed E-state index contributed by atoms with van der Waals surface area (Å²) in [7, 11) is -4.36. The molecule has 1 fully saturated rings. The summed E-state index contributed by atoms with van der Waals surface area (Å²) in [6.07, 6.45) is -4.45. The van der Waals surface area contributed by atoms with Crippen molar-refractivity contribution in [2.45, 2.75) is 37.8 Å². The molecule has 0 spiro atoms. The fourth-order valence-corrected chi connectivity index (χ4v) is 5.16. The molecule has 1 aliphatic rings. The van der Waals surface area contributed by atoms with E-state index < -0.39 is 46.5 Å². The van der Waals surface area contributed by atoms with Crippen molar-refractivity contribution < 1.29 is 45.7 Å². The first kappa shape index (κ1) is 31.3. The minimum Gasteiger partial charge on any atom is -0.569 e. The number of amides is 1. The summed E-state index contributed by atoms with van der Waals surface area (Å²) in [6.45, 7) is 2.75. The highest BCUT2D eigenvalue weighted by Crippen LogP contribution is 2.33. The number of halogens is 3. The molecule has 0 radical (unpaired) electrons. The van der Waals surface area contributed by atoms with Crippen LogP contribution < -0.4 is 4.72 Å². The second-order valence-corrected chi connectivity index (χ2v) is 11.2. The molecule has 1 unspecified atom stereocenters. The number of hydrogen-bond acceptors (Lipinski definition) is 9. The molecule has 0 bridgehead atoms. The van der Waals surface area contributed by atoms with Gasteiger partial charge in [0.25, 0.3) is 16.8 Å². The van der Waals surface area contributed by atoms with E-state index in [1.807, 2.05) is 11.6 Å². The highest BCUT2D eigenvalue weighted by atomic mass is 32.2. The molecule has 1 saturated heterocycles. The molecule has 13 nitrogen and oxygen atoms in total. The molecule has 2 heterocycles. The third-order valence-electron chi connectivity index (χ3n) is 6.44. The Morgan fingerprint density at radius 3 is 2.47 bits per heavy atom. The third-order valence-corrected chi connectivity index (χ3v) is 7.80. The third kappa shape index (κ3) is 7.59. The predicted molar refractivity (Wildman–Crippen MR) is 142 cm³/mol. The Morgan fingerprint density at radius 1 is 1.16 bits per heavy atom. The average Bonchev–Trinajstić information content (AvgIpc) is 3.64. The largest absolute Gasteiger partial charge is 0.569 e. The van der Waals surface area contributed by atoms with Crippen LogP contribution in [-0.4, -0.2) is 59.9 Å². The van der Waals surface area contributed by atoms with Gasteiger partial charge >= 0.3 is 12.1 Å². The molecule has 1 atom stereocenters. The van der Waals surface area contributed by atoms with Crippen LogP contribution in [0.1, 0.15) is 31.0 Å². The van der Waals surface area contributed by atoms with Gasteiger partial charge in [-0.15, -0.1) is 5.01 Å². The first-order chi connectivity index (χ1) is 20.3. The van der Waals surface area contributed by atoms with Crippen LogP contribution in [0.2, 0.25) is 0 Å². The molecule has 4 rings (SSSR count). The molecule has 0 saturated carbocycles. The van der Waals surface area contributed by atoms with Crippen LogP contribution in [0.15, 0.2) is 64.8 Å². The number of hydrogen-bond donors (Lipinski definition) is 1. The van der Waals surface area contributed by atoms with Crippen molar-refractivity contribution >= 4 is 21.9 Å². The van der Waals surface area contributed by atoms with Crippen molar-refractivity contribution in [2.24, 2.45) is 11.2 Å². The van der Waals surface area contributed by atoms with E-state index in [1.54, 1.807) is 31.2 Å². The summed E-state index contributed by atoms with van der Waals surface area (Å²) in [5.74, 6) is -2.28. The molecule has 230 valence electrons. The standard InChI is InChI=1S/C26H27F3N6O7S/c1-3-24(36)41-16-42-32-35(38)33-13-12-19(15-33)25(37)31-43(39,40)21-10-8-20(9-11-21)34-22(14-23(30-34)26(27,28)29)18-6-4-17(2)5-7-18/h4-11,14,19H,3,12-13,15-16H2,1-2H3,(H,31,37)/b35-32+. The first-order valence-corrected chi connectivity index (χ1v) is 14.4. The number of alkyl halides is 3. The van der Waals surface area contributed by atoms with Gasteiger partial charge in [-0.25, -0.2) is 17.8 Å². The topological polar surface area (TPSA) is 158 Å². The van der Waals surface area contributed by atoms with Gasteiger partial charge in [-0.3, -0.25) is 9.59 Å². The van der Waals surface area contributed by atoms with Crippen molar-refractivity contribution in [3.05, 3.63) is 71.1 Å². The molecular weight excluding hydrogens is 597 g/mol. The SMILES string of the molecule is CCC(=O)OCO/N=[N+](/[O-])N1CCC(C(=O)NS(=O)(=O)c2ccc(-n3nc(C(F)(F)F)cc3-c3ccc(C)cc3)cc2)C1. The van der Waals surface area contributed by atoms with Crippen LogP contribution in [0, 0.1) is 18.0 Å². The Kier molecular flexibility index (Phi) is 9.22. The van der Waals surface area contributed by atoms with Gasteiger partial charge in [-0.1, -0.05) is 36.8 Å². The van der Waals surface area contributed by atoms with Gasteiger partial charge in [0.1, 0.15) is 0 Å². The van der Waals surface area contributed by atoms with Gasteiger partial charge in [0.2, 0.25) is 11.2 Å². The van der Waals surface area contributed by atoms with Crippen molar-refractivity contribution in [1.82, 2.24) is 19.5 Å². The fourth-order valence-electron chi connectivity index (χ4n) is 4.12. The van der Waals surface area contributed by atoms with Crippen LogP contribution in [0.4, 0.5) is 13.2 Å². The van der Waals surface area contributed by atoms with E-state index >= 15 is 0 Å². The van der Waals surface area contributed by atoms with E-state index in [0.29, 0.717) is 5.56 Å². The van der Waals surface area contributed by atoms with Gasteiger partial charge in [0.15, 0.2) is 5.69 Å². The molecule has 1 aliphatic heterocycles. The lowest BCUT2D eigenvalue weighted by Gasteiger charge is -2.13. The summed E-state index contributed by atoms with van der Waals surface area (Å²) in [5.41, 5.74) is 0.573. The normalized spacial score (nSPS) is 15.8. The average molecular weight is 625 g/mol. The fraction of sp³-hybridized carbons (Fsp3) is 0.346. The van der Waals surface area contributed by atoms with Gasteiger partial charge < -0.3 is 14.8 Å². The minimum atomic E-state index is -4.71. The van der Waals surface area contributed by atoms with Crippen molar-refractivity contribution in [3.63, 3.8) is 0 Å². The molecular formula is C26H27F3N6O7S. The van der Waals surface area contributed by atoms with Crippen molar-refractivity contribution in [3.8, 4) is 16.9 Å². The quantitative estimate of drug-likeness (QED) is 0.0886. The predicted octanol–water partition coefficient (Wildman–Crippen LogP) is 3.71. The zero-order valence-electron chi connectivity index (χ0n) is 22.9.